The third-order valence-corrected chi connectivity index (χ3v) is 3.15. The first-order valence-electron chi connectivity index (χ1n) is 5.67. The van der Waals surface area contributed by atoms with Crippen LogP contribution < -0.4 is 10.2 Å². The van der Waals surface area contributed by atoms with Crippen LogP contribution in [0.15, 0.2) is 22.4 Å². The number of aromatic nitrogens is 3. The minimum Gasteiger partial charge on any atom is -0.315 e. The molecule has 2 N–H and O–H groups in total. The van der Waals surface area contributed by atoms with Crippen molar-refractivity contribution in [2.45, 2.75) is 33.0 Å². The number of nitrogens with zero attached hydrogens (tertiary/aromatic N) is 2. The Hall–Kier alpha value is -1.40. The van der Waals surface area contributed by atoms with Gasteiger partial charge in [-0.3, -0.25) is 9.48 Å². The van der Waals surface area contributed by atoms with Crippen LogP contribution in [0.3, 0.4) is 0 Å². The van der Waals surface area contributed by atoms with E-state index in [-0.39, 0.29) is 4.87 Å². The van der Waals surface area contributed by atoms with Crippen LogP contribution in [-0.2, 0) is 19.6 Å². The van der Waals surface area contributed by atoms with Crippen LogP contribution >= 0.6 is 11.3 Å². The Kier molecular flexibility index (Phi) is 4.11. The Morgan fingerprint density at radius 1 is 1.53 bits per heavy atom. The normalized spacial score (nSPS) is 10.9. The molecule has 0 radical (unpaired) electrons. The Morgan fingerprint density at radius 3 is 3.12 bits per heavy atom. The molecular formula is C11H16N4OS. The molecule has 0 aromatic carbocycles. The third kappa shape index (κ3) is 3.28. The third-order valence-electron chi connectivity index (χ3n) is 2.43. The van der Waals surface area contributed by atoms with E-state index in [9.17, 15) is 4.79 Å². The molecule has 6 heteroatoms. The molecule has 0 atom stereocenters. The highest BCUT2D eigenvalue weighted by atomic mass is 32.1. The molecule has 0 aliphatic heterocycles. The molecule has 0 bridgehead atoms. The monoisotopic (exact) mass is 252 g/mol. The lowest BCUT2D eigenvalue weighted by Crippen LogP contribution is -2.17. The van der Waals surface area contributed by atoms with Gasteiger partial charge in [-0.05, 0) is 12.5 Å². The summed E-state index contributed by atoms with van der Waals surface area (Å²) in [4.78, 5) is 13.7. The summed E-state index contributed by atoms with van der Waals surface area (Å²) in [6.45, 7) is 4.52. The first-order valence-corrected chi connectivity index (χ1v) is 6.55. The molecule has 2 aromatic rings. The van der Waals surface area contributed by atoms with Gasteiger partial charge in [-0.1, -0.05) is 18.3 Å². The summed E-state index contributed by atoms with van der Waals surface area (Å²) >= 11 is 1.19. The fourth-order valence-electron chi connectivity index (χ4n) is 1.65. The van der Waals surface area contributed by atoms with Gasteiger partial charge in [0.1, 0.15) is 0 Å². The van der Waals surface area contributed by atoms with Crippen molar-refractivity contribution >= 4 is 11.3 Å². The second kappa shape index (κ2) is 5.79. The van der Waals surface area contributed by atoms with Gasteiger partial charge in [0.2, 0.25) is 0 Å². The number of hydrogen-bond acceptors (Lipinski definition) is 4. The lowest BCUT2D eigenvalue weighted by molar-refractivity contribution is 0.548. The molecular weight excluding hydrogens is 236 g/mol. The fourth-order valence-corrected chi connectivity index (χ4v) is 2.23. The van der Waals surface area contributed by atoms with E-state index in [1.54, 1.807) is 0 Å². The zero-order chi connectivity index (χ0) is 12.1. The summed E-state index contributed by atoms with van der Waals surface area (Å²) in [6, 6.07) is 2.01. The molecule has 0 amide bonds. The maximum atomic E-state index is 10.9. The molecule has 0 aliphatic rings. The highest BCUT2D eigenvalue weighted by Gasteiger charge is 2.01. The molecule has 2 heterocycles. The van der Waals surface area contributed by atoms with Crippen molar-refractivity contribution in [3.8, 4) is 0 Å². The highest BCUT2D eigenvalue weighted by molar-refractivity contribution is 7.07. The number of thiazole rings is 1. The van der Waals surface area contributed by atoms with Gasteiger partial charge < -0.3 is 10.3 Å². The Bertz CT molecular complexity index is 513. The van der Waals surface area contributed by atoms with E-state index in [2.05, 4.69) is 22.3 Å². The zero-order valence-corrected chi connectivity index (χ0v) is 10.6. The van der Waals surface area contributed by atoms with E-state index in [1.165, 1.54) is 17.0 Å². The van der Waals surface area contributed by atoms with Crippen LogP contribution in [0, 0.1) is 0 Å². The second-order valence-corrected chi connectivity index (χ2v) is 4.66. The molecule has 2 rings (SSSR count). The predicted molar refractivity (Wildman–Crippen MR) is 68.0 cm³/mol. The van der Waals surface area contributed by atoms with Gasteiger partial charge in [-0.2, -0.15) is 5.10 Å². The van der Waals surface area contributed by atoms with E-state index >= 15 is 0 Å². The molecule has 0 unspecified atom stereocenters. The summed E-state index contributed by atoms with van der Waals surface area (Å²) in [5.74, 6) is 0. The van der Waals surface area contributed by atoms with E-state index < -0.39 is 0 Å². The SMILES string of the molecule is CCCn1nccc1CNCc1csc(=O)[nH]1. The van der Waals surface area contributed by atoms with E-state index in [1.807, 2.05) is 22.3 Å². The topological polar surface area (TPSA) is 62.7 Å². The Balaban J connectivity index is 1.85. The van der Waals surface area contributed by atoms with Gasteiger partial charge in [-0.25, -0.2) is 0 Å². The van der Waals surface area contributed by atoms with Crippen molar-refractivity contribution < 1.29 is 0 Å². The summed E-state index contributed by atoms with van der Waals surface area (Å²) in [5.41, 5.74) is 2.10. The Morgan fingerprint density at radius 2 is 2.41 bits per heavy atom. The highest BCUT2D eigenvalue weighted by Crippen LogP contribution is 2.01. The average Bonchev–Trinajstić information content (AvgIpc) is 2.90. The predicted octanol–water partition coefficient (Wildman–Crippen LogP) is 1.33. The molecule has 5 nitrogen and oxygen atoms in total. The van der Waals surface area contributed by atoms with Crippen molar-refractivity contribution in [1.82, 2.24) is 20.1 Å². The van der Waals surface area contributed by atoms with E-state index in [0.29, 0.717) is 6.54 Å². The van der Waals surface area contributed by atoms with Crippen molar-refractivity contribution in [2.75, 3.05) is 0 Å². The van der Waals surface area contributed by atoms with Gasteiger partial charge >= 0.3 is 4.87 Å². The number of nitrogens with one attached hydrogen (secondary N) is 2. The number of aromatic amines is 1. The van der Waals surface area contributed by atoms with Crippen LogP contribution in [0.25, 0.3) is 0 Å². The Labute approximate surface area is 103 Å². The summed E-state index contributed by atoms with van der Waals surface area (Å²) < 4.78 is 2.00. The molecule has 17 heavy (non-hydrogen) atoms. The van der Waals surface area contributed by atoms with Crippen LogP contribution in [-0.4, -0.2) is 14.8 Å². The quantitative estimate of drug-likeness (QED) is 0.815. The largest absolute Gasteiger partial charge is 0.315 e. The minimum atomic E-state index is -0.00201. The average molecular weight is 252 g/mol. The maximum absolute atomic E-state index is 10.9. The van der Waals surface area contributed by atoms with Crippen LogP contribution in [0.2, 0.25) is 0 Å². The number of aryl methyl sites for hydroxylation is 1. The summed E-state index contributed by atoms with van der Waals surface area (Å²) in [6.07, 6.45) is 2.89. The number of H-pyrrole nitrogens is 1. The fraction of sp³-hybridized carbons (Fsp3) is 0.455. The van der Waals surface area contributed by atoms with Crippen molar-refractivity contribution in [3.05, 3.63) is 38.7 Å². The minimum absolute atomic E-state index is 0.00201. The summed E-state index contributed by atoms with van der Waals surface area (Å²) in [7, 11) is 0. The molecule has 0 spiro atoms. The molecule has 0 saturated carbocycles. The van der Waals surface area contributed by atoms with Gasteiger partial charge in [0.15, 0.2) is 0 Å². The molecule has 2 aromatic heterocycles. The molecule has 0 aliphatic carbocycles. The lowest BCUT2D eigenvalue weighted by Gasteiger charge is -2.06. The smallest absolute Gasteiger partial charge is 0.304 e. The van der Waals surface area contributed by atoms with E-state index in [4.69, 9.17) is 0 Å². The lowest BCUT2D eigenvalue weighted by atomic mass is 10.4. The van der Waals surface area contributed by atoms with Crippen LogP contribution in [0.4, 0.5) is 0 Å². The second-order valence-electron chi connectivity index (χ2n) is 3.82. The molecule has 0 saturated heterocycles. The standard InChI is InChI=1S/C11H16N4OS/c1-2-5-15-10(3-4-13-15)7-12-6-9-8-17-11(16)14-9/h3-4,8,12H,2,5-7H2,1H3,(H,14,16). The zero-order valence-electron chi connectivity index (χ0n) is 9.77. The van der Waals surface area contributed by atoms with Gasteiger partial charge in [0.05, 0.1) is 5.69 Å². The number of rotatable bonds is 6. The molecule has 0 fully saturated rings. The van der Waals surface area contributed by atoms with Crippen molar-refractivity contribution in [2.24, 2.45) is 0 Å². The van der Waals surface area contributed by atoms with Crippen LogP contribution in [0.5, 0.6) is 0 Å². The van der Waals surface area contributed by atoms with Gasteiger partial charge in [0, 0.05) is 36.9 Å². The maximum Gasteiger partial charge on any atom is 0.304 e. The first kappa shape index (κ1) is 12.1. The number of hydrogen-bond donors (Lipinski definition) is 2. The molecule has 92 valence electrons. The van der Waals surface area contributed by atoms with Crippen molar-refractivity contribution in [1.29, 1.82) is 0 Å². The van der Waals surface area contributed by atoms with Gasteiger partial charge in [0.25, 0.3) is 0 Å². The summed E-state index contributed by atoms with van der Waals surface area (Å²) in [5, 5.41) is 9.39. The van der Waals surface area contributed by atoms with Gasteiger partial charge in [-0.15, -0.1) is 0 Å². The first-order chi connectivity index (χ1) is 8.29. The van der Waals surface area contributed by atoms with Crippen molar-refractivity contribution in [3.63, 3.8) is 0 Å². The van der Waals surface area contributed by atoms with E-state index in [0.717, 1.165) is 25.2 Å². The van der Waals surface area contributed by atoms with Crippen LogP contribution in [0.1, 0.15) is 24.7 Å².